The van der Waals surface area contributed by atoms with Crippen LogP contribution in [0.5, 0.6) is 5.75 Å². The molecule has 0 N–H and O–H groups in total. The molecule has 5 heteroatoms. The third-order valence-corrected chi connectivity index (χ3v) is 6.74. The topological polar surface area (TPSA) is 44.1 Å². The van der Waals surface area contributed by atoms with Gasteiger partial charge in [0.1, 0.15) is 16.4 Å². The Hall–Kier alpha value is -2.40. The first-order chi connectivity index (χ1) is 12.7. The first-order valence-electron chi connectivity index (χ1n) is 9.14. The Balaban J connectivity index is 1.64. The van der Waals surface area contributed by atoms with E-state index in [0.29, 0.717) is 0 Å². The molecular formula is C21H20N2O2S. The molecule has 0 atom stereocenters. The van der Waals surface area contributed by atoms with E-state index in [-0.39, 0.29) is 5.56 Å². The number of fused-ring (bicyclic) bond motifs is 5. The highest BCUT2D eigenvalue weighted by Crippen LogP contribution is 2.38. The number of allylic oxidation sites excluding steroid dienone is 1. The molecule has 0 spiro atoms. The molecule has 1 aliphatic heterocycles. The van der Waals surface area contributed by atoms with Crippen LogP contribution < -0.4 is 10.3 Å². The number of aryl methyl sites for hydroxylation is 3. The Labute approximate surface area is 155 Å². The summed E-state index contributed by atoms with van der Waals surface area (Å²) in [6, 6.07) is 7.99. The van der Waals surface area contributed by atoms with E-state index in [0.717, 1.165) is 58.7 Å². The minimum atomic E-state index is -0.0480. The van der Waals surface area contributed by atoms with Gasteiger partial charge >= 0.3 is 0 Å². The molecule has 4 nitrogen and oxygen atoms in total. The number of nitrogens with zero attached hydrogens (tertiary/aromatic N) is 2. The SMILES string of the molecule is COc1ccc(/C=C2\CCn3c2nc(=O)c2c4c(sc23)CCCC4)cc1. The monoisotopic (exact) mass is 364 g/mol. The lowest BCUT2D eigenvalue weighted by Crippen LogP contribution is -2.14. The summed E-state index contributed by atoms with van der Waals surface area (Å²) >= 11 is 1.81. The maximum Gasteiger partial charge on any atom is 0.282 e. The molecular weight excluding hydrogens is 344 g/mol. The largest absolute Gasteiger partial charge is 0.497 e. The lowest BCUT2D eigenvalue weighted by atomic mass is 9.97. The molecule has 3 aromatic rings. The number of hydrogen-bond donors (Lipinski definition) is 0. The quantitative estimate of drug-likeness (QED) is 0.681. The molecule has 3 heterocycles. The third kappa shape index (κ3) is 2.42. The zero-order valence-electron chi connectivity index (χ0n) is 14.7. The number of aromatic nitrogens is 2. The van der Waals surface area contributed by atoms with Crippen LogP contribution in [0.1, 0.15) is 41.1 Å². The fourth-order valence-electron chi connectivity index (χ4n) is 4.11. The smallest absolute Gasteiger partial charge is 0.282 e. The van der Waals surface area contributed by atoms with Crippen LogP contribution >= 0.6 is 11.3 Å². The van der Waals surface area contributed by atoms with Crippen LogP contribution in [0.3, 0.4) is 0 Å². The Morgan fingerprint density at radius 3 is 2.77 bits per heavy atom. The van der Waals surface area contributed by atoms with Gasteiger partial charge in [-0.3, -0.25) is 4.79 Å². The van der Waals surface area contributed by atoms with Gasteiger partial charge in [-0.05, 0) is 67.0 Å². The summed E-state index contributed by atoms with van der Waals surface area (Å²) < 4.78 is 7.48. The maximum absolute atomic E-state index is 12.8. The molecule has 1 aliphatic carbocycles. The number of benzene rings is 1. The average Bonchev–Trinajstić information content (AvgIpc) is 3.24. The molecule has 0 saturated carbocycles. The number of thiophene rings is 1. The number of ether oxygens (including phenoxy) is 1. The highest BCUT2D eigenvalue weighted by molar-refractivity contribution is 7.18. The summed E-state index contributed by atoms with van der Waals surface area (Å²) in [5.74, 6) is 1.69. The Morgan fingerprint density at radius 2 is 1.96 bits per heavy atom. The van der Waals surface area contributed by atoms with Crippen molar-refractivity contribution in [2.75, 3.05) is 7.11 Å². The highest BCUT2D eigenvalue weighted by atomic mass is 32.1. The van der Waals surface area contributed by atoms with E-state index >= 15 is 0 Å². The molecule has 0 radical (unpaired) electrons. The molecule has 5 rings (SSSR count). The molecule has 0 bridgehead atoms. The Kier molecular flexibility index (Phi) is 3.71. The summed E-state index contributed by atoms with van der Waals surface area (Å²) in [6.45, 7) is 0.903. The van der Waals surface area contributed by atoms with Crippen LogP contribution in [0.4, 0.5) is 0 Å². The molecule has 1 aromatic carbocycles. The summed E-state index contributed by atoms with van der Waals surface area (Å²) in [5.41, 5.74) is 3.47. The second-order valence-corrected chi connectivity index (χ2v) is 8.06. The van der Waals surface area contributed by atoms with Gasteiger partial charge in [0, 0.05) is 11.4 Å². The number of methoxy groups -OCH3 is 1. The summed E-state index contributed by atoms with van der Waals surface area (Å²) in [7, 11) is 1.67. The zero-order valence-corrected chi connectivity index (χ0v) is 15.6. The molecule has 0 amide bonds. The van der Waals surface area contributed by atoms with Crippen molar-refractivity contribution in [1.82, 2.24) is 9.55 Å². The van der Waals surface area contributed by atoms with Gasteiger partial charge in [-0.2, -0.15) is 4.98 Å². The van der Waals surface area contributed by atoms with Crippen LogP contribution in [0.15, 0.2) is 29.1 Å². The van der Waals surface area contributed by atoms with Crippen molar-refractivity contribution in [3.05, 3.63) is 56.4 Å². The van der Waals surface area contributed by atoms with E-state index in [1.54, 1.807) is 7.11 Å². The molecule has 0 unspecified atom stereocenters. The molecule has 26 heavy (non-hydrogen) atoms. The number of rotatable bonds is 2. The lowest BCUT2D eigenvalue weighted by molar-refractivity contribution is 0.415. The standard InChI is InChI=1S/C21H20N2O2S/c1-25-15-8-6-13(7-9-15)12-14-10-11-23-19(14)22-20(24)18-16-4-2-3-5-17(16)26-21(18)23/h6-9,12H,2-5,10-11H2,1H3/b14-12+. The van der Waals surface area contributed by atoms with Crippen molar-refractivity contribution < 1.29 is 4.74 Å². The van der Waals surface area contributed by atoms with Crippen LogP contribution in [0, 0.1) is 0 Å². The maximum atomic E-state index is 12.8. The van der Waals surface area contributed by atoms with Crippen LogP contribution in [-0.2, 0) is 19.4 Å². The predicted molar refractivity (Wildman–Crippen MR) is 106 cm³/mol. The number of hydrogen-bond acceptors (Lipinski definition) is 4. The molecule has 0 fully saturated rings. The first-order valence-corrected chi connectivity index (χ1v) is 9.96. The summed E-state index contributed by atoms with van der Waals surface area (Å²) in [5, 5.41) is 0.888. The minimum absolute atomic E-state index is 0.0480. The van der Waals surface area contributed by atoms with Crippen molar-refractivity contribution >= 4 is 33.2 Å². The van der Waals surface area contributed by atoms with Crippen LogP contribution in [-0.4, -0.2) is 16.7 Å². The van der Waals surface area contributed by atoms with E-state index in [1.807, 2.05) is 35.6 Å². The normalized spacial score (nSPS) is 17.5. The highest BCUT2D eigenvalue weighted by Gasteiger charge is 2.26. The molecule has 0 saturated heterocycles. The summed E-state index contributed by atoms with van der Waals surface area (Å²) in [4.78, 5) is 19.8. The molecule has 132 valence electrons. The Bertz CT molecular complexity index is 1090. The fraction of sp³-hybridized carbons (Fsp3) is 0.333. The molecule has 2 aromatic heterocycles. The third-order valence-electron chi connectivity index (χ3n) is 5.42. The van der Waals surface area contributed by atoms with Gasteiger partial charge in [0.2, 0.25) is 0 Å². The van der Waals surface area contributed by atoms with Crippen molar-refractivity contribution in [2.45, 2.75) is 38.6 Å². The summed E-state index contributed by atoms with van der Waals surface area (Å²) in [6.07, 6.45) is 7.61. The van der Waals surface area contributed by atoms with E-state index in [9.17, 15) is 4.79 Å². The van der Waals surface area contributed by atoms with Gasteiger partial charge in [-0.15, -0.1) is 11.3 Å². The lowest BCUT2D eigenvalue weighted by Gasteiger charge is -2.09. The Morgan fingerprint density at radius 1 is 1.15 bits per heavy atom. The van der Waals surface area contributed by atoms with E-state index in [2.05, 4.69) is 15.6 Å². The van der Waals surface area contributed by atoms with E-state index < -0.39 is 0 Å². The van der Waals surface area contributed by atoms with Gasteiger partial charge in [0.25, 0.3) is 5.56 Å². The van der Waals surface area contributed by atoms with Gasteiger partial charge in [-0.25, -0.2) is 0 Å². The van der Waals surface area contributed by atoms with Gasteiger partial charge in [0.15, 0.2) is 0 Å². The van der Waals surface area contributed by atoms with Gasteiger partial charge in [-0.1, -0.05) is 12.1 Å². The second-order valence-electron chi connectivity index (χ2n) is 6.98. The zero-order chi connectivity index (χ0) is 17.7. The van der Waals surface area contributed by atoms with Crippen molar-refractivity contribution in [3.8, 4) is 5.75 Å². The van der Waals surface area contributed by atoms with Gasteiger partial charge in [0.05, 0.1) is 12.5 Å². The van der Waals surface area contributed by atoms with Crippen molar-refractivity contribution in [3.63, 3.8) is 0 Å². The van der Waals surface area contributed by atoms with Crippen LogP contribution in [0.2, 0.25) is 0 Å². The van der Waals surface area contributed by atoms with Crippen molar-refractivity contribution in [2.24, 2.45) is 0 Å². The van der Waals surface area contributed by atoms with Crippen molar-refractivity contribution in [1.29, 1.82) is 0 Å². The van der Waals surface area contributed by atoms with Crippen LogP contribution in [0.25, 0.3) is 21.9 Å². The van der Waals surface area contributed by atoms with Gasteiger partial charge < -0.3 is 9.30 Å². The molecule has 2 aliphatic rings. The first kappa shape index (κ1) is 15.8. The average molecular weight is 364 g/mol. The fourth-order valence-corrected chi connectivity index (χ4v) is 5.51. The van der Waals surface area contributed by atoms with E-state index in [4.69, 9.17) is 4.74 Å². The predicted octanol–water partition coefficient (Wildman–Crippen LogP) is 4.29. The second kappa shape index (κ2) is 6.09. The van der Waals surface area contributed by atoms with E-state index in [1.165, 1.54) is 23.3 Å². The minimum Gasteiger partial charge on any atom is -0.497 e.